The third-order valence-corrected chi connectivity index (χ3v) is 1.81. The summed E-state index contributed by atoms with van der Waals surface area (Å²) < 4.78 is 0. The third kappa shape index (κ3) is 1.39. The summed E-state index contributed by atoms with van der Waals surface area (Å²) in [7, 11) is 0. The van der Waals surface area contributed by atoms with Gasteiger partial charge in [-0.15, -0.1) is 0 Å². The molecular formula is C7H11NO. The summed E-state index contributed by atoms with van der Waals surface area (Å²) in [6.45, 7) is 4.37. The average Bonchev–Trinajstić information content (AvgIpc) is 1.62. The Bertz CT molecular complexity index is 148. The minimum Gasteiger partial charge on any atom is -0.211 e. The van der Waals surface area contributed by atoms with Crippen molar-refractivity contribution in [2.24, 2.45) is 10.4 Å². The van der Waals surface area contributed by atoms with Crippen LogP contribution in [-0.4, -0.2) is 12.1 Å². The smallest absolute Gasteiger partial charge is 0.211 e. The van der Waals surface area contributed by atoms with Gasteiger partial charge in [0, 0.05) is 0 Å². The molecule has 0 atom stereocenters. The maximum Gasteiger partial charge on any atom is 0.235 e. The fourth-order valence-electron chi connectivity index (χ4n) is 1.38. The zero-order chi connectivity index (χ0) is 6.91. The van der Waals surface area contributed by atoms with Gasteiger partial charge in [-0.2, -0.15) is 0 Å². The van der Waals surface area contributed by atoms with Gasteiger partial charge in [-0.05, 0) is 18.3 Å². The number of carbonyl (C=O) groups excluding carboxylic acids is 1. The van der Waals surface area contributed by atoms with Crippen LogP contribution in [0.3, 0.4) is 0 Å². The van der Waals surface area contributed by atoms with Crippen molar-refractivity contribution in [1.82, 2.24) is 0 Å². The van der Waals surface area contributed by atoms with Crippen LogP contribution in [0.1, 0.15) is 26.7 Å². The Balaban J connectivity index is 2.35. The minimum absolute atomic E-state index is 0.275. The highest BCUT2D eigenvalue weighted by Crippen LogP contribution is 2.41. The number of rotatable bonds is 1. The van der Waals surface area contributed by atoms with E-state index in [1.54, 1.807) is 6.08 Å². The molecule has 0 aromatic carbocycles. The van der Waals surface area contributed by atoms with Gasteiger partial charge in [0.25, 0.3) is 0 Å². The number of hydrogen-bond donors (Lipinski definition) is 0. The van der Waals surface area contributed by atoms with Crippen LogP contribution >= 0.6 is 0 Å². The molecule has 2 nitrogen and oxygen atoms in total. The van der Waals surface area contributed by atoms with Gasteiger partial charge in [-0.25, -0.2) is 9.79 Å². The molecule has 9 heavy (non-hydrogen) atoms. The van der Waals surface area contributed by atoms with Gasteiger partial charge in [0.15, 0.2) is 0 Å². The largest absolute Gasteiger partial charge is 0.235 e. The van der Waals surface area contributed by atoms with Crippen LogP contribution in [0, 0.1) is 5.41 Å². The highest BCUT2D eigenvalue weighted by molar-refractivity contribution is 5.34. The third-order valence-electron chi connectivity index (χ3n) is 1.81. The highest BCUT2D eigenvalue weighted by Gasteiger charge is 2.35. The Morgan fingerprint density at radius 2 is 2.11 bits per heavy atom. The summed E-state index contributed by atoms with van der Waals surface area (Å²) in [5, 5.41) is 0. The van der Waals surface area contributed by atoms with Crippen molar-refractivity contribution < 1.29 is 4.79 Å². The molecule has 0 saturated heterocycles. The molecule has 1 rings (SSSR count). The average molecular weight is 125 g/mol. The predicted octanol–water partition coefficient (Wildman–Crippen LogP) is 1.51. The summed E-state index contributed by atoms with van der Waals surface area (Å²) in [5.74, 6) is 0. The van der Waals surface area contributed by atoms with E-state index in [2.05, 4.69) is 18.8 Å². The van der Waals surface area contributed by atoms with E-state index < -0.39 is 0 Å². The lowest BCUT2D eigenvalue weighted by molar-refractivity contribution is 0.156. The van der Waals surface area contributed by atoms with Crippen LogP contribution in [0.5, 0.6) is 0 Å². The van der Waals surface area contributed by atoms with Gasteiger partial charge in [-0.1, -0.05) is 13.8 Å². The van der Waals surface area contributed by atoms with Crippen molar-refractivity contribution in [3.63, 3.8) is 0 Å². The van der Waals surface area contributed by atoms with Crippen LogP contribution < -0.4 is 0 Å². The summed E-state index contributed by atoms with van der Waals surface area (Å²) in [6.07, 6.45) is 3.67. The van der Waals surface area contributed by atoms with Gasteiger partial charge in [-0.3, -0.25) is 0 Å². The van der Waals surface area contributed by atoms with Crippen molar-refractivity contribution in [1.29, 1.82) is 0 Å². The molecule has 1 fully saturated rings. The second-order valence-corrected chi connectivity index (χ2v) is 3.45. The topological polar surface area (TPSA) is 29.4 Å². The maximum absolute atomic E-state index is 9.73. The lowest BCUT2D eigenvalue weighted by atomic mass is 9.69. The number of nitrogens with zero attached hydrogens (tertiary/aromatic N) is 1. The Hall–Kier alpha value is -0.620. The van der Waals surface area contributed by atoms with Crippen molar-refractivity contribution in [2.45, 2.75) is 32.7 Å². The molecule has 50 valence electrons. The molecule has 0 aromatic rings. The molecular weight excluding hydrogens is 114 g/mol. The first-order chi connectivity index (χ1) is 4.14. The van der Waals surface area contributed by atoms with E-state index in [9.17, 15) is 4.79 Å². The van der Waals surface area contributed by atoms with E-state index in [-0.39, 0.29) is 6.04 Å². The van der Waals surface area contributed by atoms with Gasteiger partial charge >= 0.3 is 0 Å². The van der Waals surface area contributed by atoms with E-state index in [4.69, 9.17) is 0 Å². The fraction of sp³-hybridized carbons (Fsp3) is 0.857. The lowest BCUT2D eigenvalue weighted by Gasteiger charge is -2.39. The molecule has 0 amide bonds. The van der Waals surface area contributed by atoms with Crippen molar-refractivity contribution >= 4 is 6.08 Å². The van der Waals surface area contributed by atoms with Crippen LogP contribution in [0.25, 0.3) is 0 Å². The first-order valence-electron chi connectivity index (χ1n) is 3.21. The molecule has 1 saturated carbocycles. The Morgan fingerprint density at radius 1 is 1.56 bits per heavy atom. The lowest BCUT2D eigenvalue weighted by Crippen LogP contribution is -2.34. The zero-order valence-corrected chi connectivity index (χ0v) is 5.85. The van der Waals surface area contributed by atoms with E-state index in [1.807, 2.05) is 0 Å². The molecule has 0 spiro atoms. The van der Waals surface area contributed by atoms with Crippen LogP contribution in [0.4, 0.5) is 0 Å². The molecule has 0 aromatic heterocycles. The predicted molar refractivity (Wildman–Crippen MR) is 34.9 cm³/mol. The maximum atomic E-state index is 9.73. The molecule has 0 N–H and O–H groups in total. The SMILES string of the molecule is CC1(C)CC(N=C=O)C1. The minimum atomic E-state index is 0.275. The molecule has 1 aliphatic carbocycles. The van der Waals surface area contributed by atoms with Crippen LogP contribution in [0.2, 0.25) is 0 Å². The first-order valence-corrected chi connectivity index (χ1v) is 3.21. The van der Waals surface area contributed by atoms with E-state index in [1.165, 1.54) is 0 Å². The van der Waals surface area contributed by atoms with Gasteiger partial charge in [0.2, 0.25) is 6.08 Å². The molecule has 0 unspecified atom stereocenters. The normalized spacial score (nSPS) is 24.2. The highest BCUT2D eigenvalue weighted by atomic mass is 16.1. The molecule has 0 aliphatic heterocycles. The molecule has 0 bridgehead atoms. The molecule has 2 heteroatoms. The van der Waals surface area contributed by atoms with Gasteiger partial charge in [0.05, 0.1) is 6.04 Å². The van der Waals surface area contributed by atoms with Gasteiger partial charge in [0.1, 0.15) is 0 Å². The summed E-state index contributed by atoms with van der Waals surface area (Å²) >= 11 is 0. The quantitative estimate of drug-likeness (QED) is 0.386. The molecule has 0 radical (unpaired) electrons. The molecule has 1 aliphatic rings. The first kappa shape index (κ1) is 6.50. The van der Waals surface area contributed by atoms with E-state index in [0.717, 1.165) is 12.8 Å². The number of hydrogen-bond acceptors (Lipinski definition) is 2. The molecule has 0 heterocycles. The number of isocyanates is 1. The summed E-state index contributed by atoms with van der Waals surface area (Å²) in [6, 6.07) is 0.275. The second kappa shape index (κ2) is 1.96. The number of aliphatic imine (C=N–C) groups is 1. The monoisotopic (exact) mass is 125 g/mol. The fourth-order valence-corrected chi connectivity index (χ4v) is 1.38. The van der Waals surface area contributed by atoms with Crippen LogP contribution in [0.15, 0.2) is 4.99 Å². The standard InChI is InChI=1S/C7H11NO/c1-7(2)3-6(4-7)8-5-9/h6H,3-4H2,1-2H3. The Kier molecular flexibility index (Phi) is 1.42. The van der Waals surface area contributed by atoms with Crippen molar-refractivity contribution in [3.05, 3.63) is 0 Å². The van der Waals surface area contributed by atoms with Crippen molar-refractivity contribution in [3.8, 4) is 0 Å². The summed E-state index contributed by atoms with van der Waals surface area (Å²) in [5.41, 5.74) is 0.422. The zero-order valence-electron chi connectivity index (χ0n) is 5.85. The second-order valence-electron chi connectivity index (χ2n) is 3.45. The summed E-state index contributed by atoms with van der Waals surface area (Å²) in [4.78, 5) is 13.3. The van der Waals surface area contributed by atoms with Gasteiger partial charge < -0.3 is 0 Å². The van der Waals surface area contributed by atoms with Crippen molar-refractivity contribution in [2.75, 3.05) is 0 Å². The Labute approximate surface area is 55.0 Å². The van der Waals surface area contributed by atoms with E-state index in [0.29, 0.717) is 5.41 Å². The Morgan fingerprint density at radius 3 is 2.44 bits per heavy atom. The van der Waals surface area contributed by atoms with Crippen LogP contribution in [-0.2, 0) is 4.79 Å². The van der Waals surface area contributed by atoms with E-state index >= 15 is 0 Å².